The maximum atomic E-state index is 8.00. The van der Waals surface area contributed by atoms with Gasteiger partial charge < -0.3 is 9.50 Å². The zero-order valence-corrected chi connectivity index (χ0v) is 5.62. The molecule has 0 radical (unpaired) electrons. The van der Waals surface area contributed by atoms with E-state index in [-0.39, 0.29) is 56.1 Å². The normalized spacial score (nSPS) is 1.00. The van der Waals surface area contributed by atoms with Gasteiger partial charge in [0.25, 0.3) is 0 Å². The van der Waals surface area contributed by atoms with E-state index in [0.717, 1.165) is 0 Å². The van der Waals surface area contributed by atoms with Crippen molar-refractivity contribution in [1.29, 1.82) is 0 Å². The molecular weight excluding hydrogens is 86.1 g/mol. The van der Waals surface area contributed by atoms with Crippen LogP contribution in [0.4, 0.5) is 0 Å². The summed E-state index contributed by atoms with van der Waals surface area (Å²) < 4.78 is 0. The smallest absolute Gasteiger partial charge is 1.00 e. The summed E-state index contributed by atoms with van der Waals surface area (Å²) in [6, 6.07) is 0. The summed E-state index contributed by atoms with van der Waals surface area (Å²) in [4.78, 5) is 8.00. The van der Waals surface area contributed by atoms with Gasteiger partial charge in [-0.15, -0.1) is 0 Å². The summed E-state index contributed by atoms with van der Waals surface area (Å²) >= 11 is 0. The van der Waals surface area contributed by atoms with Crippen LogP contribution in [-0.4, -0.2) is 6.79 Å². The van der Waals surface area contributed by atoms with E-state index in [1.54, 1.807) is 0 Å². The van der Waals surface area contributed by atoms with Crippen LogP contribution in [0.2, 0.25) is 0 Å². The third kappa shape index (κ3) is 10.6. The van der Waals surface area contributed by atoms with Crippen molar-refractivity contribution in [1.82, 2.24) is 0 Å². The number of hydrogen-bond donors (Lipinski definition) is 0. The molecule has 0 aliphatic heterocycles. The van der Waals surface area contributed by atoms with Crippen LogP contribution in [0.5, 0.6) is 0 Å². The maximum absolute atomic E-state index is 8.00. The predicted molar refractivity (Wildman–Crippen MR) is 7.12 cm³/mol. The van der Waals surface area contributed by atoms with E-state index in [2.05, 4.69) is 0 Å². The second-order valence-corrected chi connectivity index (χ2v) is 0. The topological polar surface area (TPSA) is 17.1 Å². The number of rotatable bonds is 0. The summed E-state index contributed by atoms with van der Waals surface area (Å²) in [7, 11) is 0. The molecule has 3 heteroatoms. The molecule has 0 amide bonds. The van der Waals surface area contributed by atoms with Crippen molar-refractivity contribution in [3.05, 3.63) is 0 Å². The molecule has 0 aliphatic rings. The first-order valence-corrected chi connectivity index (χ1v) is 0.289. The minimum absolute atomic E-state index is 0. The zero-order chi connectivity index (χ0) is 2.00. The zero-order valence-electron chi connectivity index (χ0n) is 2.49. The summed E-state index contributed by atoms with van der Waals surface area (Å²) in [5.41, 5.74) is 0. The second-order valence-electron chi connectivity index (χ2n) is 0. The first-order valence-electron chi connectivity index (χ1n) is 0.289. The van der Waals surface area contributed by atoms with Gasteiger partial charge in [0.1, 0.15) is 6.79 Å². The molecule has 0 bridgehead atoms. The quantitative estimate of drug-likeness (QED) is 0.269. The largest absolute Gasteiger partial charge is 1.00 e. The predicted octanol–water partition coefficient (Wildman–Crippen LogP) is -6.18. The number of carbonyl (C=O) groups excluding carboxylic acids is 1. The van der Waals surface area contributed by atoms with E-state index in [1.807, 2.05) is 6.79 Å². The Labute approximate surface area is 66.6 Å². The van der Waals surface area contributed by atoms with E-state index >= 15 is 0 Å². The van der Waals surface area contributed by atoms with E-state index in [4.69, 9.17) is 4.79 Å². The molecule has 0 aromatic carbocycles. The standard InChI is InChI=1S/CH2O.FH.K/c1-2;;/h1H2;1H;/q;;+1/p-1. The van der Waals surface area contributed by atoms with Gasteiger partial charge in [-0.1, -0.05) is 0 Å². The van der Waals surface area contributed by atoms with Crippen molar-refractivity contribution in [3.8, 4) is 0 Å². The van der Waals surface area contributed by atoms with Gasteiger partial charge >= 0.3 is 51.4 Å². The second kappa shape index (κ2) is 29.0. The molecule has 20 valence electrons. The Balaban J connectivity index is -0.00000000500. The minimum Gasteiger partial charge on any atom is -1.00 e. The molecule has 0 spiro atoms. The molecule has 0 rings (SSSR count). The monoisotopic (exact) mass is 88.0 g/mol. The number of hydrogen-bond acceptors (Lipinski definition) is 1. The van der Waals surface area contributed by atoms with Crippen molar-refractivity contribution < 1.29 is 60.9 Å². The first-order chi connectivity index (χ1) is 1.00. The fourth-order valence-electron chi connectivity index (χ4n) is 0. The van der Waals surface area contributed by atoms with Gasteiger partial charge in [0.2, 0.25) is 0 Å². The van der Waals surface area contributed by atoms with Gasteiger partial charge in [-0.2, -0.15) is 0 Å². The third-order valence-corrected chi connectivity index (χ3v) is 0. The van der Waals surface area contributed by atoms with Crippen LogP contribution < -0.4 is 56.1 Å². The van der Waals surface area contributed by atoms with Crippen molar-refractivity contribution >= 4 is 6.79 Å². The molecule has 0 N–H and O–H groups in total. The first kappa shape index (κ1) is 18.8. The summed E-state index contributed by atoms with van der Waals surface area (Å²) in [6.07, 6.45) is 0. The summed E-state index contributed by atoms with van der Waals surface area (Å²) in [5, 5.41) is 0. The molecule has 0 aliphatic carbocycles. The molecule has 0 heterocycles. The summed E-state index contributed by atoms with van der Waals surface area (Å²) in [5.74, 6) is 0. The van der Waals surface area contributed by atoms with Crippen molar-refractivity contribution in [2.45, 2.75) is 0 Å². The minimum atomic E-state index is 0. The van der Waals surface area contributed by atoms with Crippen LogP contribution in [-0.2, 0) is 4.79 Å². The number of carbonyl (C=O) groups is 1. The average molecular weight is 88.1 g/mol. The molecule has 0 saturated heterocycles. The van der Waals surface area contributed by atoms with Crippen LogP contribution in [0.1, 0.15) is 0 Å². The molecule has 1 nitrogen and oxygen atoms in total. The van der Waals surface area contributed by atoms with Gasteiger partial charge in [0.05, 0.1) is 0 Å². The van der Waals surface area contributed by atoms with E-state index in [0.29, 0.717) is 0 Å². The van der Waals surface area contributed by atoms with Gasteiger partial charge in [-0.05, 0) is 0 Å². The Hall–Kier alpha value is 1.24. The molecular formula is CH2FKO. The fraction of sp³-hybridized carbons (Fsp3) is 0. The van der Waals surface area contributed by atoms with Gasteiger partial charge in [0.15, 0.2) is 0 Å². The van der Waals surface area contributed by atoms with E-state index in [9.17, 15) is 0 Å². The average Bonchev–Trinajstić information content (AvgIpc) is 1.00. The van der Waals surface area contributed by atoms with Crippen LogP contribution >= 0.6 is 0 Å². The van der Waals surface area contributed by atoms with E-state index < -0.39 is 0 Å². The molecule has 0 saturated carbocycles. The fourth-order valence-corrected chi connectivity index (χ4v) is 0. The van der Waals surface area contributed by atoms with Crippen LogP contribution in [0.25, 0.3) is 0 Å². The van der Waals surface area contributed by atoms with Crippen molar-refractivity contribution in [3.63, 3.8) is 0 Å². The molecule has 0 fully saturated rings. The van der Waals surface area contributed by atoms with Crippen LogP contribution in [0, 0.1) is 0 Å². The van der Waals surface area contributed by atoms with E-state index in [1.165, 1.54) is 0 Å². The van der Waals surface area contributed by atoms with Gasteiger partial charge in [0, 0.05) is 0 Å². The summed E-state index contributed by atoms with van der Waals surface area (Å²) in [6.45, 7) is 2.00. The third-order valence-electron chi connectivity index (χ3n) is 0. The Bertz CT molecular complexity index is 8.00. The van der Waals surface area contributed by atoms with Crippen LogP contribution in [0.3, 0.4) is 0 Å². The maximum Gasteiger partial charge on any atom is 1.00 e. The molecule has 0 unspecified atom stereocenters. The Morgan fingerprint density at radius 2 is 1.25 bits per heavy atom. The molecule has 0 aromatic heterocycles. The van der Waals surface area contributed by atoms with Gasteiger partial charge in [-0.3, -0.25) is 0 Å². The molecule has 4 heavy (non-hydrogen) atoms. The Kier molecular flexibility index (Phi) is 136. The van der Waals surface area contributed by atoms with Crippen molar-refractivity contribution in [2.24, 2.45) is 0 Å². The van der Waals surface area contributed by atoms with Crippen LogP contribution in [0.15, 0.2) is 0 Å². The Morgan fingerprint density at radius 1 is 1.25 bits per heavy atom. The Morgan fingerprint density at radius 3 is 1.25 bits per heavy atom. The number of halogens is 1. The van der Waals surface area contributed by atoms with Crippen molar-refractivity contribution in [2.75, 3.05) is 0 Å². The molecule has 0 atom stereocenters. The SMILES string of the molecule is C=O.[F-].[K+]. The molecule has 0 aromatic rings. The van der Waals surface area contributed by atoms with Gasteiger partial charge in [-0.25, -0.2) is 0 Å².